The SMILES string of the molecule is CCCNC(=O)OCC(COC(=O)NCCC)OCCC/C=N\OCCCO/N=C\CNC(=O)CC[C@H](NC(C)=O)C(=O)NC. The summed E-state index contributed by atoms with van der Waals surface area (Å²) in [6.45, 7) is 7.12. The highest BCUT2D eigenvalue weighted by Crippen LogP contribution is 2.01. The molecular weight excluding hydrogens is 594 g/mol. The Hall–Kier alpha value is -4.15. The molecule has 0 saturated carbocycles. The molecule has 0 unspecified atom stereocenters. The molecule has 17 nitrogen and oxygen atoms in total. The number of hydrogen-bond acceptors (Lipinski definition) is 12. The lowest BCUT2D eigenvalue weighted by Crippen LogP contribution is -2.45. The highest BCUT2D eigenvalue weighted by atomic mass is 16.6. The first-order chi connectivity index (χ1) is 21.7. The number of carbonyl (C=O) groups is 5. The van der Waals surface area contributed by atoms with E-state index in [1.807, 2.05) is 13.8 Å². The molecule has 0 aliphatic rings. The van der Waals surface area contributed by atoms with Gasteiger partial charge in [0.25, 0.3) is 0 Å². The fourth-order valence-corrected chi connectivity index (χ4v) is 3.16. The van der Waals surface area contributed by atoms with Crippen molar-refractivity contribution in [1.29, 1.82) is 0 Å². The number of rotatable bonds is 26. The minimum atomic E-state index is -0.775. The lowest BCUT2D eigenvalue weighted by molar-refractivity contribution is -0.128. The van der Waals surface area contributed by atoms with E-state index in [9.17, 15) is 24.0 Å². The van der Waals surface area contributed by atoms with Crippen LogP contribution in [0.3, 0.4) is 0 Å². The first-order valence-electron chi connectivity index (χ1n) is 15.2. The van der Waals surface area contributed by atoms with Gasteiger partial charge in [0.2, 0.25) is 17.7 Å². The Balaban J connectivity index is 4.01. The summed E-state index contributed by atoms with van der Waals surface area (Å²) in [7, 11) is 1.46. The largest absolute Gasteiger partial charge is 0.447 e. The van der Waals surface area contributed by atoms with E-state index in [1.54, 1.807) is 6.21 Å². The molecule has 0 radical (unpaired) electrons. The summed E-state index contributed by atoms with van der Waals surface area (Å²) >= 11 is 0. The molecule has 0 heterocycles. The summed E-state index contributed by atoms with van der Waals surface area (Å²) in [6.07, 6.45) is 4.79. The van der Waals surface area contributed by atoms with Crippen LogP contribution in [0.1, 0.15) is 65.7 Å². The molecule has 0 saturated heterocycles. The molecule has 0 aromatic heterocycles. The summed E-state index contributed by atoms with van der Waals surface area (Å²) in [4.78, 5) is 68.5. The number of oxime groups is 2. The molecule has 0 spiro atoms. The summed E-state index contributed by atoms with van der Waals surface area (Å²) in [5, 5.41) is 20.4. The smallest absolute Gasteiger partial charge is 0.407 e. The second-order valence-electron chi connectivity index (χ2n) is 9.49. The van der Waals surface area contributed by atoms with Gasteiger partial charge >= 0.3 is 12.2 Å². The van der Waals surface area contributed by atoms with Crippen LogP contribution >= 0.6 is 0 Å². The number of likely N-dealkylation sites (N-methyl/N-ethyl adjacent to an activating group) is 1. The van der Waals surface area contributed by atoms with Crippen LogP contribution in [0.5, 0.6) is 0 Å². The molecule has 0 aromatic carbocycles. The highest BCUT2D eigenvalue weighted by molar-refractivity contribution is 5.87. The van der Waals surface area contributed by atoms with Gasteiger partial charge in [-0.1, -0.05) is 24.2 Å². The fraction of sp³-hybridized carbons (Fsp3) is 0.750. The summed E-state index contributed by atoms with van der Waals surface area (Å²) in [5.41, 5.74) is 0. The van der Waals surface area contributed by atoms with Crippen molar-refractivity contribution in [2.75, 3.05) is 59.7 Å². The Labute approximate surface area is 264 Å². The van der Waals surface area contributed by atoms with Gasteiger partial charge in [0, 0.05) is 52.7 Å². The summed E-state index contributed by atoms with van der Waals surface area (Å²) < 4.78 is 16.0. The maximum atomic E-state index is 11.9. The van der Waals surface area contributed by atoms with Gasteiger partial charge in [-0.05, 0) is 32.1 Å². The van der Waals surface area contributed by atoms with Crippen LogP contribution in [0.25, 0.3) is 0 Å². The lowest BCUT2D eigenvalue weighted by atomic mass is 10.1. The molecule has 0 fully saturated rings. The van der Waals surface area contributed by atoms with Gasteiger partial charge in [0.05, 0.1) is 12.8 Å². The van der Waals surface area contributed by atoms with E-state index in [0.29, 0.717) is 45.6 Å². The molecule has 0 rings (SSSR count). The van der Waals surface area contributed by atoms with Crippen molar-refractivity contribution < 1.29 is 47.9 Å². The number of ether oxygens (including phenoxy) is 3. The van der Waals surface area contributed by atoms with Gasteiger partial charge < -0.3 is 50.5 Å². The number of alkyl carbamates (subject to hydrolysis) is 2. The summed E-state index contributed by atoms with van der Waals surface area (Å²) in [5.74, 6) is -1.01. The minimum Gasteiger partial charge on any atom is -0.447 e. The molecule has 5 amide bonds. The zero-order valence-electron chi connectivity index (χ0n) is 26.9. The quantitative estimate of drug-likeness (QED) is 0.0510. The van der Waals surface area contributed by atoms with Crippen LogP contribution in [-0.2, 0) is 38.3 Å². The molecule has 17 heteroatoms. The van der Waals surface area contributed by atoms with E-state index >= 15 is 0 Å². The van der Waals surface area contributed by atoms with Gasteiger partial charge in [0.1, 0.15) is 38.6 Å². The van der Waals surface area contributed by atoms with E-state index < -0.39 is 24.3 Å². The monoisotopic (exact) mass is 645 g/mol. The Morgan fingerprint density at radius 3 is 1.96 bits per heavy atom. The van der Waals surface area contributed by atoms with Crippen LogP contribution in [-0.4, -0.2) is 114 Å². The van der Waals surface area contributed by atoms with Crippen LogP contribution in [0.15, 0.2) is 10.3 Å². The van der Waals surface area contributed by atoms with Gasteiger partial charge in [-0.3, -0.25) is 14.4 Å². The highest BCUT2D eigenvalue weighted by Gasteiger charge is 2.19. The van der Waals surface area contributed by atoms with E-state index in [2.05, 4.69) is 36.9 Å². The van der Waals surface area contributed by atoms with Crippen molar-refractivity contribution in [1.82, 2.24) is 26.6 Å². The zero-order valence-corrected chi connectivity index (χ0v) is 26.9. The Bertz CT molecular complexity index is 881. The Morgan fingerprint density at radius 2 is 1.40 bits per heavy atom. The molecule has 1 atom stereocenters. The number of nitrogens with one attached hydrogen (secondary N) is 5. The molecular formula is C28H51N7O10. The number of unbranched alkanes of at least 4 members (excludes halogenated alkanes) is 1. The average molecular weight is 646 g/mol. The Kier molecular flexibility index (Phi) is 26.0. The number of carbonyl (C=O) groups excluding carboxylic acids is 5. The predicted octanol–water partition coefficient (Wildman–Crippen LogP) is 0.966. The van der Waals surface area contributed by atoms with E-state index in [0.717, 1.165) is 12.8 Å². The van der Waals surface area contributed by atoms with Gasteiger partial charge in [0.15, 0.2) is 0 Å². The summed E-state index contributed by atoms with van der Waals surface area (Å²) in [6, 6.07) is -0.775. The molecule has 5 N–H and O–H groups in total. The van der Waals surface area contributed by atoms with Crippen molar-refractivity contribution >= 4 is 42.3 Å². The van der Waals surface area contributed by atoms with E-state index in [4.69, 9.17) is 23.9 Å². The van der Waals surface area contributed by atoms with Crippen LogP contribution in [0, 0.1) is 0 Å². The third kappa shape index (κ3) is 26.0. The maximum absolute atomic E-state index is 11.9. The molecule has 258 valence electrons. The average Bonchev–Trinajstić information content (AvgIpc) is 3.02. The van der Waals surface area contributed by atoms with Crippen molar-refractivity contribution in [2.24, 2.45) is 10.3 Å². The number of nitrogens with zero attached hydrogens (tertiary/aromatic N) is 2. The van der Waals surface area contributed by atoms with Crippen LogP contribution in [0.4, 0.5) is 9.59 Å². The van der Waals surface area contributed by atoms with Gasteiger partial charge in [-0.2, -0.15) is 0 Å². The third-order valence-electron chi connectivity index (χ3n) is 5.43. The molecule has 0 bridgehead atoms. The predicted molar refractivity (Wildman–Crippen MR) is 166 cm³/mol. The lowest BCUT2D eigenvalue weighted by Gasteiger charge is -2.18. The third-order valence-corrected chi connectivity index (χ3v) is 5.43. The maximum Gasteiger partial charge on any atom is 0.407 e. The van der Waals surface area contributed by atoms with Gasteiger partial charge in [-0.15, -0.1) is 0 Å². The first-order valence-corrected chi connectivity index (χ1v) is 15.2. The van der Waals surface area contributed by atoms with Crippen molar-refractivity contribution in [3.8, 4) is 0 Å². The van der Waals surface area contributed by atoms with Crippen molar-refractivity contribution in [3.05, 3.63) is 0 Å². The van der Waals surface area contributed by atoms with E-state index in [1.165, 1.54) is 20.2 Å². The zero-order chi connectivity index (χ0) is 33.5. The second kappa shape index (κ2) is 28.6. The normalized spacial score (nSPS) is 11.6. The van der Waals surface area contributed by atoms with E-state index in [-0.39, 0.29) is 56.9 Å². The molecule has 0 aromatic rings. The molecule has 0 aliphatic carbocycles. The fourth-order valence-electron chi connectivity index (χ4n) is 3.16. The van der Waals surface area contributed by atoms with Gasteiger partial charge in [-0.25, -0.2) is 9.59 Å². The number of hydrogen-bond donors (Lipinski definition) is 5. The molecule has 0 aliphatic heterocycles. The topological polar surface area (TPSA) is 216 Å². The molecule has 45 heavy (non-hydrogen) atoms. The first kappa shape index (κ1) is 40.9. The Morgan fingerprint density at radius 1 is 0.800 bits per heavy atom. The van der Waals surface area contributed by atoms with Crippen molar-refractivity contribution in [3.63, 3.8) is 0 Å². The standard InChI is InChI=1S/C28H51N7O10/c1-5-12-31-27(39)42-20-23(21-43-28(40)32-13-6-2)41-17-8-7-14-33-44-18-9-19-45-34-16-15-30-25(37)11-10-24(26(38)29-4)35-22(3)36/h14,16,23-24H,5-13,15,17-21H2,1-4H3,(H,29,38)(H,30,37)(H,31,39)(H,32,40)(H,35,36)/b33-14-,34-16-/t24-/m0/s1. The van der Waals surface area contributed by atoms with Crippen LogP contribution in [0.2, 0.25) is 0 Å². The van der Waals surface area contributed by atoms with Crippen molar-refractivity contribution in [2.45, 2.75) is 77.9 Å². The second-order valence-corrected chi connectivity index (χ2v) is 9.49. The minimum absolute atomic E-state index is 0.0565. The van der Waals surface area contributed by atoms with Crippen LogP contribution < -0.4 is 26.6 Å². The number of amides is 5.